The average molecular weight is 527 g/mol. The molecule has 0 spiro atoms. The fraction of sp³-hybridized carbons (Fsp3) is 0.0769. The van der Waals surface area contributed by atoms with Crippen molar-refractivity contribution in [3.05, 3.63) is 108 Å². The zero-order chi connectivity index (χ0) is 26.2. The molecule has 188 valence electrons. The lowest BCUT2D eigenvalue weighted by molar-refractivity contribution is -0.139. The van der Waals surface area contributed by atoms with E-state index in [1.165, 1.54) is 30.6 Å². The van der Waals surface area contributed by atoms with Gasteiger partial charge in [-0.3, -0.25) is 9.71 Å². The van der Waals surface area contributed by atoms with Crippen LogP contribution in [0.4, 0.5) is 23.4 Å². The van der Waals surface area contributed by atoms with Crippen LogP contribution in [0.5, 0.6) is 0 Å². The number of hydrogen-bond acceptors (Lipinski definition) is 4. The molecular formula is C26H18F4N4O2S. The summed E-state index contributed by atoms with van der Waals surface area (Å²) in [5, 5.41) is 0.772. The number of sulfonamides is 1. The van der Waals surface area contributed by atoms with Crippen molar-refractivity contribution in [2.24, 2.45) is 0 Å². The standard InChI is InChI=1S/C26H18F4N4O2S/c27-19-9-10-22-20(14-19)18(15-33-22)13-16-5-7-17(8-6-16)24-25(32-12-11-31-24)34-37(35,36)23-4-2-1-3-21(23)26(28,29)30/h1-12,14-15,33H,13H2,(H,32,34). The summed E-state index contributed by atoms with van der Waals surface area (Å²) in [6.07, 6.45) is 0.0555. The van der Waals surface area contributed by atoms with Crippen LogP contribution in [0.2, 0.25) is 0 Å². The summed E-state index contributed by atoms with van der Waals surface area (Å²) >= 11 is 0. The number of H-pyrrole nitrogens is 1. The highest BCUT2D eigenvalue weighted by Gasteiger charge is 2.37. The van der Waals surface area contributed by atoms with Gasteiger partial charge in [0.15, 0.2) is 5.82 Å². The van der Waals surface area contributed by atoms with Gasteiger partial charge in [-0.05, 0) is 47.9 Å². The second-order valence-corrected chi connectivity index (χ2v) is 9.88. The van der Waals surface area contributed by atoms with Crippen LogP contribution in [0.3, 0.4) is 0 Å². The van der Waals surface area contributed by atoms with Gasteiger partial charge in [0.1, 0.15) is 11.5 Å². The fourth-order valence-corrected chi connectivity index (χ4v) is 5.28. The van der Waals surface area contributed by atoms with Gasteiger partial charge >= 0.3 is 6.18 Å². The number of benzene rings is 3. The lowest BCUT2D eigenvalue weighted by Gasteiger charge is -2.15. The molecule has 37 heavy (non-hydrogen) atoms. The number of hydrogen-bond donors (Lipinski definition) is 2. The van der Waals surface area contributed by atoms with Gasteiger partial charge in [0.05, 0.1) is 10.5 Å². The fourth-order valence-electron chi connectivity index (χ4n) is 4.04. The van der Waals surface area contributed by atoms with Gasteiger partial charge in [0.25, 0.3) is 10.0 Å². The number of aromatic nitrogens is 3. The van der Waals surface area contributed by atoms with Crippen molar-refractivity contribution in [2.75, 3.05) is 4.72 Å². The molecule has 0 aliphatic rings. The Kier molecular flexibility index (Phi) is 6.16. The van der Waals surface area contributed by atoms with E-state index in [1.54, 1.807) is 30.3 Å². The van der Waals surface area contributed by atoms with E-state index < -0.39 is 26.7 Å². The van der Waals surface area contributed by atoms with Crippen molar-refractivity contribution in [3.63, 3.8) is 0 Å². The summed E-state index contributed by atoms with van der Waals surface area (Å²) in [5.74, 6) is -0.543. The smallest absolute Gasteiger partial charge is 0.361 e. The third kappa shape index (κ3) is 5.03. The molecule has 3 aromatic carbocycles. The molecule has 11 heteroatoms. The zero-order valence-electron chi connectivity index (χ0n) is 18.9. The molecule has 0 aliphatic heterocycles. The van der Waals surface area contributed by atoms with Crippen LogP contribution in [0.15, 0.2) is 90.2 Å². The number of halogens is 4. The molecule has 2 heterocycles. The molecule has 5 rings (SSSR count). The highest BCUT2D eigenvalue weighted by Crippen LogP contribution is 2.35. The Labute approximate surface area is 209 Å². The first-order chi connectivity index (χ1) is 17.6. The maximum Gasteiger partial charge on any atom is 0.417 e. The van der Waals surface area contributed by atoms with Crippen LogP contribution in [0.1, 0.15) is 16.7 Å². The number of anilines is 1. The maximum absolute atomic E-state index is 13.7. The van der Waals surface area contributed by atoms with Crippen LogP contribution in [0, 0.1) is 5.82 Å². The van der Waals surface area contributed by atoms with E-state index in [1.807, 2.05) is 6.20 Å². The lowest BCUT2D eigenvalue weighted by atomic mass is 10.0. The van der Waals surface area contributed by atoms with Gasteiger partial charge in [-0.1, -0.05) is 36.4 Å². The molecule has 0 radical (unpaired) electrons. The number of alkyl halides is 3. The number of fused-ring (bicyclic) bond motifs is 1. The van der Waals surface area contributed by atoms with Crippen LogP contribution in [0.25, 0.3) is 22.2 Å². The molecule has 0 bridgehead atoms. The summed E-state index contributed by atoms with van der Waals surface area (Å²) in [6, 6.07) is 15.4. The Morgan fingerprint density at radius 1 is 0.919 bits per heavy atom. The minimum Gasteiger partial charge on any atom is -0.361 e. The van der Waals surface area contributed by atoms with Crippen LogP contribution in [-0.2, 0) is 22.6 Å². The van der Waals surface area contributed by atoms with Crippen LogP contribution in [-0.4, -0.2) is 23.4 Å². The first-order valence-corrected chi connectivity index (χ1v) is 12.4. The molecule has 2 aromatic heterocycles. The molecule has 0 saturated heterocycles. The van der Waals surface area contributed by atoms with E-state index in [0.29, 0.717) is 18.1 Å². The van der Waals surface area contributed by atoms with Crippen molar-refractivity contribution in [2.45, 2.75) is 17.5 Å². The van der Waals surface area contributed by atoms with Crippen LogP contribution < -0.4 is 4.72 Å². The van der Waals surface area contributed by atoms with E-state index in [2.05, 4.69) is 19.7 Å². The highest BCUT2D eigenvalue weighted by atomic mass is 32.2. The first kappa shape index (κ1) is 24.4. The third-order valence-corrected chi connectivity index (χ3v) is 7.16. The zero-order valence-corrected chi connectivity index (χ0v) is 19.7. The van der Waals surface area contributed by atoms with E-state index in [4.69, 9.17) is 0 Å². The van der Waals surface area contributed by atoms with Gasteiger partial charge < -0.3 is 4.98 Å². The van der Waals surface area contributed by atoms with Crippen molar-refractivity contribution < 1.29 is 26.0 Å². The van der Waals surface area contributed by atoms with E-state index in [9.17, 15) is 26.0 Å². The quantitative estimate of drug-likeness (QED) is 0.259. The molecule has 5 aromatic rings. The minimum atomic E-state index is -4.86. The second kappa shape index (κ2) is 9.32. The van der Waals surface area contributed by atoms with Gasteiger partial charge in [-0.25, -0.2) is 17.8 Å². The van der Waals surface area contributed by atoms with Crippen LogP contribution >= 0.6 is 0 Å². The summed E-state index contributed by atoms with van der Waals surface area (Å²) in [6.45, 7) is 0. The second-order valence-electron chi connectivity index (χ2n) is 8.23. The predicted molar refractivity (Wildman–Crippen MR) is 131 cm³/mol. The summed E-state index contributed by atoms with van der Waals surface area (Å²) in [4.78, 5) is 10.4. The Bertz CT molecular complexity index is 1700. The molecular weight excluding hydrogens is 508 g/mol. The average Bonchev–Trinajstić information content (AvgIpc) is 3.26. The van der Waals surface area contributed by atoms with Crippen molar-refractivity contribution in [3.8, 4) is 11.3 Å². The first-order valence-electron chi connectivity index (χ1n) is 11.0. The Morgan fingerprint density at radius 3 is 2.41 bits per heavy atom. The van der Waals surface area contributed by atoms with E-state index in [-0.39, 0.29) is 17.3 Å². The number of nitrogens with one attached hydrogen (secondary N) is 2. The third-order valence-electron chi connectivity index (χ3n) is 5.76. The largest absolute Gasteiger partial charge is 0.417 e. The van der Waals surface area contributed by atoms with Gasteiger partial charge in [0.2, 0.25) is 0 Å². The van der Waals surface area contributed by atoms with Crippen molar-refractivity contribution >= 4 is 26.7 Å². The molecule has 2 N–H and O–H groups in total. The Morgan fingerprint density at radius 2 is 1.65 bits per heavy atom. The number of rotatable bonds is 6. The Balaban J connectivity index is 1.43. The summed E-state index contributed by atoms with van der Waals surface area (Å²) < 4.78 is 81.9. The molecule has 0 saturated carbocycles. The van der Waals surface area contributed by atoms with Gasteiger partial charge in [-0.2, -0.15) is 13.2 Å². The molecule has 0 atom stereocenters. The van der Waals surface area contributed by atoms with Crippen molar-refractivity contribution in [1.29, 1.82) is 0 Å². The van der Waals surface area contributed by atoms with Crippen molar-refractivity contribution in [1.82, 2.24) is 15.0 Å². The number of nitrogens with zero attached hydrogens (tertiary/aromatic N) is 2. The van der Waals surface area contributed by atoms with Gasteiger partial charge in [-0.15, -0.1) is 0 Å². The SMILES string of the molecule is O=S(=O)(Nc1nccnc1-c1ccc(Cc2c[nH]c3ccc(F)cc23)cc1)c1ccccc1C(F)(F)F. The topological polar surface area (TPSA) is 87.7 Å². The molecule has 0 fully saturated rings. The Hall–Kier alpha value is -4.25. The minimum absolute atomic E-state index is 0.149. The maximum atomic E-state index is 13.7. The molecule has 0 unspecified atom stereocenters. The molecule has 0 aliphatic carbocycles. The molecule has 0 amide bonds. The predicted octanol–water partition coefficient (Wildman–Crippen LogP) is 6.17. The normalized spacial score (nSPS) is 12.1. The summed E-state index contributed by atoms with van der Waals surface area (Å²) in [7, 11) is -4.63. The molecule has 6 nitrogen and oxygen atoms in total. The van der Waals surface area contributed by atoms with E-state index >= 15 is 0 Å². The van der Waals surface area contributed by atoms with E-state index in [0.717, 1.165) is 34.2 Å². The monoisotopic (exact) mass is 526 g/mol. The highest BCUT2D eigenvalue weighted by molar-refractivity contribution is 7.92. The lowest BCUT2D eigenvalue weighted by Crippen LogP contribution is -2.20. The number of aromatic amines is 1. The van der Waals surface area contributed by atoms with Gasteiger partial charge in [0, 0.05) is 35.1 Å². The summed E-state index contributed by atoms with van der Waals surface area (Å²) in [5.41, 5.74) is 1.99.